The Hall–Kier alpha value is -4.37. The standard InChI is InChI=1S/C33H35N3O5S/c1-8-40-27-17-23(13-14-26(27)39-7)30-29(32(38)41-9-2)21(5)34-33-36(30)31(37)28(42-33)18-24-16-20(4)35(22(24)6)25-12-10-11-19(3)15-25/h10-18,30H,8-9H2,1-7H3/b28-18+/t30-/m1/s1. The van der Waals surface area contributed by atoms with Crippen molar-refractivity contribution in [2.45, 2.75) is 47.6 Å². The molecule has 2 aromatic carbocycles. The Balaban J connectivity index is 1.71. The summed E-state index contributed by atoms with van der Waals surface area (Å²) >= 11 is 1.31. The maximum Gasteiger partial charge on any atom is 0.338 e. The van der Waals surface area contributed by atoms with Gasteiger partial charge in [-0.15, -0.1) is 0 Å². The molecule has 2 aromatic heterocycles. The molecule has 218 valence electrons. The molecule has 0 bridgehead atoms. The Labute approximate surface area is 248 Å². The zero-order valence-electron chi connectivity index (χ0n) is 25.0. The van der Waals surface area contributed by atoms with Crippen molar-refractivity contribution in [1.29, 1.82) is 0 Å². The fourth-order valence-corrected chi connectivity index (χ4v) is 6.52. The van der Waals surface area contributed by atoms with E-state index in [2.05, 4.69) is 49.6 Å². The highest BCUT2D eigenvalue weighted by Crippen LogP contribution is 2.36. The lowest BCUT2D eigenvalue weighted by Gasteiger charge is -2.25. The molecule has 0 saturated carbocycles. The second-order valence-corrected chi connectivity index (χ2v) is 11.2. The van der Waals surface area contributed by atoms with Gasteiger partial charge < -0.3 is 18.8 Å². The quantitative estimate of drug-likeness (QED) is 0.274. The molecule has 8 nitrogen and oxygen atoms in total. The number of benzene rings is 2. The molecule has 4 aromatic rings. The van der Waals surface area contributed by atoms with Gasteiger partial charge in [-0.1, -0.05) is 29.5 Å². The number of thiazole rings is 1. The van der Waals surface area contributed by atoms with Gasteiger partial charge in [0, 0.05) is 17.1 Å². The maximum atomic E-state index is 14.1. The number of esters is 1. The molecule has 0 aliphatic carbocycles. The van der Waals surface area contributed by atoms with Crippen molar-refractivity contribution < 1.29 is 19.0 Å². The van der Waals surface area contributed by atoms with Crippen LogP contribution in [0.3, 0.4) is 0 Å². The maximum absolute atomic E-state index is 14.1. The second kappa shape index (κ2) is 11.9. The normalized spacial score (nSPS) is 14.9. The largest absolute Gasteiger partial charge is 0.493 e. The van der Waals surface area contributed by atoms with Crippen LogP contribution in [0.25, 0.3) is 11.8 Å². The van der Waals surface area contributed by atoms with Crippen LogP contribution in [0, 0.1) is 20.8 Å². The van der Waals surface area contributed by atoms with Crippen molar-refractivity contribution >= 4 is 23.4 Å². The molecule has 0 fully saturated rings. The van der Waals surface area contributed by atoms with Gasteiger partial charge >= 0.3 is 5.97 Å². The van der Waals surface area contributed by atoms with E-state index in [4.69, 9.17) is 19.2 Å². The average molecular weight is 586 g/mol. The first-order chi connectivity index (χ1) is 20.2. The summed E-state index contributed by atoms with van der Waals surface area (Å²) in [5.74, 6) is 0.588. The molecule has 42 heavy (non-hydrogen) atoms. The summed E-state index contributed by atoms with van der Waals surface area (Å²) in [5, 5.41) is 0. The van der Waals surface area contributed by atoms with E-state index in [9.17, 15) is 9.59 Å². The molecule has 3 heterocycles. The summed E-state index contributed by atoms with van der Waals surface area (Å²) in [7, 11) is 1.57. The first kappa shape index (κ1) is 29.1. The van der Waals surface area contributed by atoms with Gasteiger partial charge in [0.05, 0.1) is 42.2 Å². The minimum absolute atomic E-state index is 0.204. The molecule has 1 aliphatic rings. The van der Waals surface area contributed by atoms with E-state index < -0.39 is 12.0 Å². The van der Waals surface area contributed by atoms with Crippen LogP contribution >= 0.6 is 11.3 Å². The van der Waals surface area contributed by atoms with E-state index in [1.807, 2.05) is 31.2 Å². The number of allylic oxidation sites excluding steroid dienone is 1. The van der Waals surface area contributed by atoms with Crippen LogP contribution in [0.15, 0.2) is 69.6 Å². The zero-order valence-corrected chi connectivity index (χ0v) is 25.8. The Morgan fingerprint density at radius 1 is 1.02 bits per heavy atom. The molecule has 1 atom stereocenters. The topological polar surface area (TPSA) is 84.1 Å². The number of fused-ring (bicyclic) bond motifs is 1. The monoisotopic (exact) mass is 585 g/mol. The van der Waals surface area contributed by atoms with Crippen molar-refractivity contribution in [2.75, 3.05) is 20.3 Å². The van der Waals surface area contributed by atoms with Crippen LogP contribution in [-0.2, 0) is 9.53 Å². The number of carbonyl (C=O) groups is 1. The van der Waals surface area contributed by atoms with Gasteiger partial charge in [0.25, 0.3) is 5.56 Å². The lowest BCUT2D eigenvalue weighted by molar-refractivity contribution is -0.139. The summed E-state index contributed by atoms with van der Waals surface area (Å²) in [6.07, 6.45) is 1.92. The third-order valence-corrected chi connectivity index (χ3v) is 8.32. The summed E-state index contributed by atoms with van der Waals surface area (Å²) in [4.78, 5) is 32.6. The molecular weight excluding hydrogens is 550 g/mol. The van der Waals surface area contributed by atoms with Crippen LogP contribution in [0.5, 0.6) is 11.5 Å². The molecule has 0 saturated heterocycles. The van der Waals surface area contributed by atoms with E-state index in [0.717, 1.165) is 22.6 Å². The molecule has 0 unspecified atom stereocenters. The SMILES string of the molecule is CCOC(=O)C1=C(C)N=c2s/c(=C/c3cc(C)n(-c4cccc(C)c4)c3C)c(=O)n2[C@@H]1c1ccc(OC)c(OCC)c1. The molecule has 0 N–H and O–H groups in total. The Morgan fingerprint density at radius 3 is 2.50 bits per heavy atom. The third kappa shape index (κ3) is 5.20. The van der Waals surface area contributed by atoms with E-state index in [0.29, 0.717) is 44.3 Å². The fourth-order valence-electron chi connectivity index (χ4n) is 5.48. The summed E-state index contributed by atoms with van der Waals surface area (Å²) < 4.78 is 21.0. The number of hydrogen-bond acceptors (Lipinski definition) is 7. The lowest BCUT2D eigenvalue weighted by Crippen LogP contribution is -2.40. The first-order valence-corrected chi connectivity index (χ1v) is 14.8. The van der Waals surface area contributed by atoms with Gasteiger partial charge in [0.15, 0.2) is 16.3 Å². The summed E-state index contributed by atoms with van der Waals surface area (Å²) in [5.41, 5.74) is 6.59. The van der Waals surface area contributed by atoms with Crippen molar-refractivity contribution in [2.24, 2.45) is 4.99 Å². The van der Waals surface area contributed by atoms with Gasteiger partial charge in [-0.2, -0.15) is 0 Å². The van der Waals surface area contributed by atoms with Gasteiger partial charge in [0.2, 0.25) is 0 Å². The molecular formula is C33H35N3O5S. The Bertz CT molecular complexity index is 1890. The number of carbonyl (C=O) groups excluding carboxylic acids is 1. The minimum Gasteiger partial charge on any atom is -0.493 e. The van der Waals surface area contributed by atoms with Gasteiger partial charge in [0.1, 0.15) is 0 Å². The molecule has 0 spiro atoms. The number of methoxy groups -OCH3 is 1. The molecule has 0 radical (unpaired) electrons. The lowest BCUT2D eigenvalue weighted by atomic mass is 9.95. The van der Waals surface area contributed by atoms with Crippen LogP contribution in [-0.4, -0.2) is 35.4 Å². The average Bonchev–Trinajstić information content (AvgIpc) is 3.41. The van der Waals surface area contributed by atoms with Crippen molar-refractivity contribution in [3.63, 3.8) is 0 Å². The Morgan fingerprint density at radius 2 is 1.81 bits per heavy atom. The van der Waals surface area contributed by atoms with Gasteiger partial charge in [-0.25, -0.2) is 9.79 Å². The van der Waals surface area contributed by atoms with Gasteiger partial charge in [-0.3, -0.25) is 9.36 Å². The highest BCUT2D eigenvalue weighted by atomic mass is 32.1. The fraction of sp³-hybridized carbons (Fsp3) is 0.303. The number of nitrogens with zero attached hydrogens (tertiary/aromatic N) is 3. The first-order valence-electron chi connectivity index (χ1n) is 13.9. The van der Waals surface area contributed by atoms with Crippen LogP contribution in [0.2, 0.25) is 0 Å². The van der Waals surface area contributed by atoms with Crippen molar-refractivity contribution in [1.82, 2.24) is 9.13 Å². The van der Waals surface area contributed by atoms with Crippen LogP contribution in [0.4, 0.5) is 0 Å². The summed E-state index contributed by atoms with van der Waals surface area (Å²) in [6.45, 7) is 12.2. The summed E-state index contributed by atoms with van der Waals surface area (Å²) in [6, 6.07) is 15.1. The molecule has 9 heteroatoms. The number of aryl methyl sites for hydroxylation is 2. The molecule has 0 amide bonds. The van der Waals surface area contributed by atoms with E-state index >= 15 is 0 Å². The zero-order chi connectivity index (χ0) is 30.1. The number of rotatable bonds is 8. The molecule has 1 aliphatic heterocycles. The third-order valence-electron chi connectivity index (χ3n) is 7.34. The van der Waals surface area contributed by atoms with Gasteiger partial charge in [-0.05, 0) is 94.6 Å². The second-order valence-electron chi connectivity index (χ2n) is 10.1. The van der Waals surface area contributed by atoms with Crippen LogP contribution < -0.4 is 24.4 Å². The van der Waals surface area contributed by atoms with Crippen molar-refractivity contribution in [3.05, 3.63) is 108 Å². The smallest absolute Gasteiger partial charge is 0.338 e. The predicted octanol–water partition coefficient (Wildman–Crippen LogP) is 4.92. The highest BCUT2D eigenvalue weighted by molar-refractivity contribution is 7.07. The van der Waals surface area contributed by atoms with E-state index in [-0.39, 0.29) is 12.2 Å². The van der Waals surface area contributed by atoms with Crippen molar-refractivity contribution in [3.8, 4) is 17.2 Å². The van der Waals surface area contributed by atoms with E-state index in [1.165, 1.54) is 16.9 Å². The minimum atomic E-state index is -0.743. The Kier molecular flexibility index (Phi) is 8.22. The predicted molar refractivity (Wildman–Crippen MR) is 165 cm³/mol. The van der Waals surface area contributed by atoms with E-state index in [1.54, 1.807) is 31.6 Å². The number of ether oxygens (including phenoxy) is 3. The number of aromatic nitrogens is 2. The molecule has 5 rings (SSSR count). The number of hydrogen-bond donors (Lipinski definition) is 0. The highest BCUT2D eigenvalue weighted by Gasteiger charge is 2.34. The van der Waals surface area contributed by atoms with Crippen LogP contribution in [0.1, 0.15) is 54.9 Å².